The van der Waals surface area contributed by atoms with Crippen molar-refractivity contribution in [2.75, 3.05) is 13.1 Å². The van der Waals surface area contributed by atoms with Crippen molar-refractivity contribution in [1.82, 2.24) is 10.3 Å². The normalized spacial score (nSPS) is 15.1. The third-order valence-electron chi connectivity index (χ3n) is 2.07. The molecular weight excluding hydrogens is 183 g/mol. The van der Waals surface area contributed by atoms with Gasteiger partial charge in [0.2, 0.25) is 0 Å². The van der Waals surface area contributed by atoms with Crippen LogP contribution >= 0.6 is 0 Å². The Morgan fingerprint density at radius 2 is 2.36 bits per heavy atom. The van der Waals surface area contributed by atoms with Gasteiger partial charge in [0.05, 0.1) is 6.20 Å². The monoisotopic (exact) mass is 198 g/mol. The summed E-state index contributed by atoms with van der Waals surface area (Å²) in [5, 5.41) is 12.9. The van der Waals surface area contributed by atoms with Crippen LogP contribution in [0.15, 0.2) is 18.5 Å². The molecule has 0 aliphatic carbocycles. The van der Waals surface area contributed by atoms with Crippen molar-refractivity contribution in [1.29, 1.82) is 0 Å². The average molecular weight is 198 g/mol. The number of hydrogen-bond donors (Lipinski definition) is 2. The van der Waals surface area contributed by atoms with Gasteiger partial charge in [-0.25, -0.2) is 4.39 Å². The summed E-state index contributed by atoms with van der Waals surface area (Å²) in [5.41, 5.74) is -0.920. The SMILES string of the molecule is CCNCC(C)(O)c1ccncc1F. The van der Waals surface area contributed by atoms with Gasteiger partial charge in [0.15, 0.2) is 0 Å². The van der Waals surface area contributed by atoms with Crippen LogP contribution in [0.4, 0.5) is 4.39 Å². The molecule has 1 atom stereocenters. The van der Waals surface area contributed by atoms with Gasteiger partial charge < -0.3 is 10.4 Å². The minimum atomic E-state index is -1.19. The van der Waals surface area contributed by atoms with E-state index in [0.29, 0.717) is 6.54 Å². The van der Waals surface area contributed by atoms with Crippen LogP contribution in [0.1, 0.15) is 19.4 Å². The van der Waals surface area contributed by atoms with Crippen LogP contribution in [0.25, 0.3) is 0 Å². The average Bonchev–Trinajstić information content (AvgIpc) is 2.15. The Labute approximate surface area is 83.0 Å². The lowest BCUT2D eigenvalue weighted by atomic mass is 9.96. The molecule has 0 spiro atoms. The Kier molecular flexibility index (Phi) is 3.55. The first-order valence-corrected chi connectivity index (χ1v) is 4.61. The molecule has 1 aromatic rings. The van der Waals surface area contributed by atoms with Crippen molar-refractivity contribution in [2.24, 2.45) is 0 Å². The second-order valence-corrected chi connectivity index (χ2v) is 3.41. The van der Waals surface area contributed by atoms with E-state index in [2.05, 4.69) is 10.3 Å². The van der Waals surface area contributed by atoms with Crippen molar-refractivity contribution in [3.05, 3.63) is 29.8 Å². The molecule has 4 heteroatoms. The first-order chi connectivity index (χ1) is 6.58. The van der Waals surface area contributed by atoms with E-state index < -0.39 is 11.4 Å². The molecule has 0 aromatic carbocycles. The highest BCUT2D eigenvalue weighted by molar-refractivity contribution is 5.20. The fourth-order valence-corrected chi connectivity index (χ4v) is 1.28. The number of pyridine rings is 1. The van der Waals surface area contributed by atoms with E-state index in [9.17, 15) is 9.50 Å². The summed E-state index contributed by atoms with van der Waals surface area (Å²) < 4.78 is 13.3. The minimum absolute atomic E-state index is 0.272. The summed E-state index contributed by atoms with van der Waals surface area (Å²) in [5.74, 6) is -0.476. The van der Waals surface area contributed by atoms with E-state index >= 15 is 0 Å². The molecule has 1 unspecified atom stereocenters. The predicted octanol–water partition coefficient (Wildman–Crippen LogP) is 1.04. The lowest BCUT2D eigenvalue weighted by Gasteiger charge is -2.24. The van der Waals surface area contributed by atoms with Gasteiger partial charge in [-0.05, 0) is 19.5 Å². The third kappa shape index (κ3) is 2.49. The van der Waals surface area contributed by atoms with Crippen molar-refractivity contribution in [3.8, 4) is 0 Å². The molecule has 1 heterocycles. The Morgan fingerprint density at radius 1 is 1.64 bits per heavy atom. The molecule has 0 saturated heterocycles. The number of rotatable bonds is 4. The van der Waals surface area contributed by atoms with Crippen LogP contribution < -0.4 is 5.32 Å². The fourth-order valence-electron chi connectivity index (χ4n) is 1.28. The number of aliphatic hydroxyl groups is 1. The number of likely N-dealkylation sites (N-methyl/N-ethyl adjacent to an activating group) is 1. The van der Waals surface area contributed by atoms with Gasteiger partial charge in [-0.2, -0.15) is 0 Å². The fraction of sp³-hybridized carbons (Fsp3) is 0.500. The Bertz CT molecular complexity index is 302. The molecule has 0 aliphatic heterocycles. The molecular formula is C10H15FN2O. The lowest BCUT2D eigenvalue weighted by Crippen LogP contribution is -2.36. The number of nitrogens with zero attached hydrogens (tertiary/aromatic N) is 1. The van der Waals surface area contributed by atoms with Crippen LogP contribution in [-0.4, -0.2) is 23.2 Å². The van der Waals surface area contributed by atoms with Crippen LogP contribution in [0.5, 0.6) is 0 Å². The molecule has 0 aliphatic rings. The smallest absolute Gasteiger partial charge is 0.147 e. The quantitative estimate of drug-likeness (QED) is 0.759. The van der Waals surface area contributed by atoms with Gasteiger partial charge in [0.25, 0.3) is 0 Å². The maximum Gasteiger partial charge on any atom is 0.147 e. The zero-order valence-corrected chi connectivity index (χ0v) is 8.42. The Hall–Kier alpha value is -1.00. The van der Waals surface area contributed by atoms with E-state index in [-0.39, 0.29) is 5.56 Å². The number of aromatic nitrogens is 1. The molecule has 1 aromatic heterocycles. The van der Waals surface area contributed by atoms with Crippen LogP contribution in [0.3, 0.4) is 0 Å². The maximum atomic E-state index is 13.3. The summed E-state index contributed by atoms with van der Waals surface area (Å²) in [7, 11) is 0. The van der Waals surface area contributed by atoms with Crippen LogP contribution in [-0.2, 0) is 5.60 Å². The first-order valence-electron chi connectivity index (χ1n) is 4.61. The predicted molar refractivity (Wildman–Crippen MR) is 52.3 cm³/mol. The summed E-state index contributed by atoms with van der Waals surface area (Å²) in [4.78, 5) is 3.63. The highest BCUT2D eigenvalue weighted by atomic mass is 19.1. The number of halogens is 1. The van der Waals surface area contributed by atoms with E-state index in [0.717, 1.165) is 12.7 Å². The van der Waals surface area contributed by atoms with Crippen LogP contribution in [0, 0.1) is 5.82 Å². The molecule has 0 saturated carbocycles. The van der Waals surface area contributed by atoms with Gasteiger partial charge in [-0.15, -0.1) is 0 Å². The van der Waals surface area contributed by atoms with Gasteiger partial charge in [-0.3, -0.25) is 4.98 Å². The Morgan fingerprint density at radius 3 is 2.93 bits per heavy atom. The number of nitrogens with one attached hydrogen (secondary N) is 1. The first kappa shape index (κ1) is 11.1. The van der Waals surface area contributed by atoms with E-state index in [1.165, 1.54) is 12.3 Å². The largest absolute Gasteiger partial charge is 0.384 e. The highest BCUT2D eigenvalue weighted by Gasteiger charge is 2.25. The summed E-state index contributed by atoms with van der Waals surface area (Å²) in [6, 6.07) is 1.49. The maximum absolute atomic E-state index is 13.3. The molecule has 3 nitrogen and oxygen atoms in total. The molecule has 78 valence electrons. The molecule has 0 bridgehead atoms. The standard InChI is InChI=1S/C10H15FN2O/c1-3-12-7-10(2,14)8-4-5-13-6-9(8)11/h4-6,12,14H,3,7H2,1-2H3. The second kappa shape index (κ2) is 4.48. The highest BCUT2D eigenvalue weighted by Crippen LogP contribution is 2.21. The number of hydrogen-bond acceptors (Lipinski definition) is 3. The summed E-state index contributed by atoms with van der Waals surface area (Å²) >= 11 is 0. The van der Waals surface area contributed by atoms with Crippen molar-refractivity contribution in [2.45, 2.75) is 19.4 Å². The van der Waals surface area contributed by atoms with Gasteiger partial charge >= 0.3 is 0 Å². The van der Waals surface area contributed by atoms with E-state index in [1.54, 1.807) is 6.92 Å². The summed E-state index contributed by atoms with van der Waals surface area (Å²) in [6.07, 6.45) is 2.58. The molecule has 0 fully saturated rings. The van der Waals surface area contributed by atoms with E-state index in [4.69, 9.17) is 0 Å². The van der Waals surface area contributed by atoms with Gasteiger partial charge in [0.1, 0.15) is 11.4 Å². The molecule has 1 rings (SSSR count). The van der Waals surface area contributed by atoms with Crippen molar-refractivity contribution >= 4 is 0 Å². The minimum Gasteiger partial charge on any atom is -0.384 e. The Balaban J connectivity index is 2.86. The molecule has 2 N–H and O–H groups in total. The zero-order valence-electron chi connectivity index (χ0n) is 8.42. The van der Waals surface area contributed by atoms with E-state index in [1.807, 2.05) is 6.92 Å². The van der Waals surface area contributed by atoms with Gasteiger partial charge in [-0.1, -0.05) is 6.92 Å². The topological polar surface area (TPSA) is 45.1 Å². The summed E-state index contributed by atoms with van der Waals surface area (Å²) in [6.45, 7) is 4.57. The third-order valence-corrected chi connectivity index (χ3v) is 2.07. The van der Waals surface area contributed by atoms with Crippen molar-refractivity contribution < 1.29 is 9.50 Å². The molecule has 0 amide bonds. The lowest BCUT2D eigenvalue weighted by molar-refractivity contribution is 0.0537. The molecule has 14 heavy (non-hydrogen) atoms. The van der Waals surface area contributed by atoms with Crippen molar-refractivity contribution in [3.63, 3.8) is 0 Å². The molecule has 0 radical (unpaired) electrons. The van der Waals surface area contributed by atoms with Gasteiger partial charge in [0, 0.05) is 18.3 Å². The second-order valence-electron chi connectivity index (χ2n) is 3.41. The van der Waals surface area contributed by atoms with Crippen LogP contribution in [0.2, 0.25) is 0 Å². The zero-order chi connectivity index (χ0) is 10.6.